The Morgan fingerprint density at radius 1 is 1.04 bits per heavy atom. The Balaban J connectivity index is 1.71. The number of hydrogen-bond acceptors (Lipinski definition) is 4. The fourth-order valence-electron chi connectivity index (χ4n) is 4.00. The molecule has 4 rings (SSSR count). The average Bonchev–Trinajstić information content (AvgIpc) is 3.21. The van der Waals surface area contributed by atoms with Crippen molar-refractivity contribution in [3.05, 3.63) is 59.8 Å². The van der Waals surface area contributed by atoms with Crippen molar-refractivity contribution in [2.24, 2.45) is 7.05 Å². The highest BCUT2D eigenvalue weighted by molar-refractivity contribution is 8.00. The summed E-state index contributed by atoms with van der Waals surface area (Å²) in [6.07, 6.45) is 0. The van der Waals surface area contributed by atoms with Crippen molar-refractivity contribution in [1.82, 2.24) is 9.47 Å². The number of thioether (sulfide) groups is 1. The summed E-state index contributed by atoms with van der Waals surface area (Å²) in [7, 11) is 5.62. The summed E-state index contributed by atoms with van der Waals surface area (Å²) in [6, 6.07) is 16.9. The van der Waals surface area contributed by atoms with Crippen LogP contribution in [0.25, 0.3) is 10.9 Å². The van der Waals surface area contributed by atoms with E-state index in [1.165, 1.54) is 16.6 Å². The Bertz CT molecular complexity index is 930. The molecule has 1 saturated heterocycles. The van der Waals surface area contributed by atoms with Gasteiger partial charge in [-0.05, 0) is 29.7 Å². The first kappa shape index (κ1) is 18.3. The van der Waals surface area contributed by atoms with Gasteiger partial charge in [-0.1, -0.05) is 31.2 Å². The number of benzene rings is 2. The molecule has 2 atom stereocenters. The Hall–Kier alpha value is -2.11. The van der Waals surface area contributed by atoms with Gasteiger partial charge in [0, 0.05) is 36.6 Å². The van der Waals surface area contributed by atoms with E-state index >= 15 is 0 Å². The first-order valence-corrected chi connectivity index (χ1v) is 10.2. The third-order valence-electron chi connectivity index (χ3n) is 5.31. The smallest absolute Gasteiger partial charge is 0.128 e. The fourth-order valence-corrected chi connectivity index (χ4v) is 5.42. The van der Waals surface area contributed by atoms with E-state index in [9.17, 15) is 0 Å². The van der Waals surface area contributed by atoms with Gasteiger partial charge in [-0.2, -0.15) is 0 Å². The van der Waals surface area contributed by atoms with Crippen molar-refractivity contribution >= 4 is 22.7 Å². The summed E-state index contributed by atoms with van der Waals surface area (Å²) >= 11 is 1.97. The molecular formula is C22H26N2O2S. The molecule has 0 amide bonds. The minimum absolute atomic E-state index is 0.212. The summed E-state index contributed by atoms with van der Waals surface area (Å²) in [5.41, 5.74) is 3.74. The highest BCUT2D eigenvalue weighted by Gasteiger charge is 2.35. The zero-order valence-electron chi connectivity index (χ0n) is 16.3. The molecule has 1 aliphatic heterocycles. The second-order valence-corrected chi connectivity index (χ2v) is 8.58. The molecule has 5 heteroatoms. The molecule has 2 aromatic carbocycles. The lowest BCUT2D eigenvalue weighted by atomic mass is 10.1. The van der Waals surface area contributed by atoms with E-state index in [2.05, 4.69) is 53.8 Å². The molecule has 0 bridgehead atoms. The second-order valence-electron chi connectivity index (χ2n) is 7.06. The number of methoxy groups -OCH3 is 2. The minimum atomic E-state index is 0.212. The third kappa shape index (κ3) is 3.30. The number of nitrogens with zero attached hydrogens (tertiary/aromatic N) is 2. The van der Waals surface area contributed by atoms with Gasteiger partial charge in [0.2, 0.25) is 0 Å². The maximum absolute atomic E-state index is 5.68. The van der Waals surface area contributed by atoms with Gasteiger partial charge in [-0.3, -0.25) is 4.90 Å². The van der Waals surface area contributed by atoms with Crippen LogP contribution in [0.4, 0.5) is 0 Å². The van der Waals surface area contributed by atoms with E-state index in [1.54, 1.807) is 14.2 Å². The Morgan fingerprint density at radius 2 is 1.74 bits per heavy atom. The molecule has 1 aromatic heterocycles. The van der Waals surface area contributed by atoms with E-state index < -0.39 is 0 Å². The minimum Gasteiger partial charge on any atom is -0.496 e. The number of rotatable bonds is 5. The summed E-state index contributed by atoms with van der Waals surface area (Å²) in [5, 5.41) is 2.06. The lowest BCUT2D eigenvalue weighted by Gasteiger charge is -2.26. The van der Waals surface area contributed by atoms with Gasteiger partial charge >= 0.3 is 0 Å². The molecule has 0 N–H and O–H groups in total. The molecule has 3 aromatic rings. The van der Waals surface area contributed by atoms with Crippen molar-refractivity contribution in [2.75, 3.05) is 20.8 Å². The van der Waals surface area contributed by atoms with Crippen molar-refractivity contribution in [3.8, 4) is 11.5 Å². The quantitative estimate of drug-likeness (QED) is 0.631. The van der Waals surface area contributed by atoms with E-state index in [-0.39, 0.29) is 5.37 Å². The topological polar surface area (TPSA) is 26.6 Å². The van der Waals surface area contributed by atoms with Gasteiger partial charge in [0.15, 0.2) is 0 Å². The summed E-state index contributed by atoms with van der Waals surface area (Å²) in [5.74, 6) is 1.78. The molecule has 0 aliphatic carbocycles. The lowest BCUT2D eigenvalue weighted by Crippen LogP contribution is -2.25. The molecule has 1 aliphatic rings. The Kier molecular flexibility index (Phi) is 5.06. The van der Waals surface area contributed by atoms with E-state index in [0.29, 0.717) is 5.25 Å². The highest BCUT2D eigenvalue weighted by Crippen LogP contribution is 2.49. The van der Waals surface area contributed by atoms with Gasteiger partial charge in [-0.15, -0.1) is 11.8 Å². The number of hydrogen-bond donors (Lipinski definition) is 0. The second kappa shape index (κ2) is 7.49. The predicted octanol–water partition coefficient (Wildman–Crippen LogP) is 4.83. The molecule has 27 heavy (non-hydrogen) atoms. The van der Waals surface area contributed by atoms with Crippen LogP contribution in [-0.4, -0.2) is 35.5 Å². The van der Waals surface area contributed by atoms with Crippen LogP contribution >= 0.6 is 11.8 Å². The van der Waals surface area contributed by atoms with Crippen LogP contribution in [0.1, 0.15) is 23.6 Å². The number of fused-ring (bicyclic) bond motifs is 1. The van der Waals surface area contributed by atoms with Crippen LogP contribution in [0.3, 0.4) is 0 Å². The SMILES string of the molecule is COc1cccc(OC)c1C1SC(C)CN1Cc1cc2ccccc2n1C. The van der Waals surface area contributed by atoms with Crippen molar-refractivity contribution < 1.29 is 9.47 Å². The van der Waals surface area contributed by atoms with E-state index in [1.807, 2.05) is 30.0 Å². The van der Waals surface area contributed by atoms with Crippen LogP contribution in [0.2, 0.25) is 0 Å². The molecule has 2 unspecified atom stereocenters. The monoisotopic (exact) mass is 382 g/mol. The molecule has 2 heterocycles. The normalized spacial score (nSPS) is 20.3. The van der Waals surface area contributed by atoms with Gasteiger partial charge < -0.3 is 14.0 Å². The van der Waals surface area contributed by atoms with Crippen LogP contribution in [-0.2, 0) is 13.6 Å². The summed E-state index contributed by atoms with van der Waals surface area (Å²) < 4.78 is 13.7. The standard InChI is InChI=1S/C22H26N2O2S/c1-15-13-24(14-17-12-16-8-5-6-9-18(16)23(17)2)22(27-15)21-19(25-3)10-7-11-20(21)26-4/h5-12,15,22H,13-14H2,1-4H3. The zero-order chi connectivity index (χ0) is 19.0. The summed E-state index contributed by atoms with van der Waals surface area (Å²) in [4.78, 5) is 2.53. The van der Waals surface area contributed by atoms with Crippen molar-refractivity contribution in [1.29, 1.82) is 0 Å². The summed E-state index contributed by atoms with van der Waals surface area (Å²) in [6.45, 7) is 4.23. The fraction of sp³-hybridized carbons (Fsp3) is 0.364. The Morgan fingerprint density at radius 3 is 2.41 bits per heavy atom. The number of para-hydroxylation sites is 1. The van der Waals surface area contributed by atoms with Crippen LogP contribution < -0.4 is 9.47 Å². The third-order valence-corrected chi connectivity index (χ3v) is 6.72. The maximum atomic E-state index is 5.68. The number of aromatic nitrogens is 1. The average molecular weight is 383 g/mol. The number of ether oxygens (including phenoxy) is 2. The largest absolute Gasteiger partial charge is 0.496 e. The highest BCUT2D eigenvalue weighted by atomic mass is 32.2. The zero-order valence-corrected chi connectivity index (χ0v) is 17.1. The maximum Gasteiger partial charge on any atom is 0.128 e. The van der Waals surface area contributed by atoms with Gasteiger partial charge in [0.25, 0.3) is 0 Å². The molecular weight excluding hydrogens is 356 g/mol. The van der Waals surface area contributed by atoms with Crippen molar-refractivity contribution in [3.63, 3.8) is 0 Å². The molecule has 0 radical (unpaired) electrons. The number of aryl methyl sites for hydroxylation is 1. The van der Waals surface area contributed by atoms with Crippen LogP contribution in [0.5, 0.6) is 11.5 Å². The lowest BCUT2D eigenvalue weighted by molar-refractivity contribution is 0.257. The van der Waals surface area contributed by atoms with Crippen LogP contribution in [0, 0.1) is 0 Å². The predicted molar refractivity (Wildman–Crippen MR) is 113 cm³/mol. The molecule has 0 saturated carbocycles. The van der Waals surface area contributed by atoms with Gasteiger partial charge in [0.05, 0.1) is 25.2 Å². The molecule has 1 fully saturated rings. The molecule has 4 nitrogen and oxygen atoms in total. The van der Waals surface area contributed by atoms with E-state index in [4.69, 9.17) is 9.47 Å². The van der Waals surface area contributed by atoms with Gasteiger partial charge in [-0.25, -0.2) is 0 Å². The Labute approximate surface area is 165 Å². The molecule has 142 valence electrons. The van der Waals surface area contributed by atoms with Crippen LogP contribution in [0.15, 0.2) is 48.5 Å². The van der Waals surface area contributed by atoms with Gasteiger partial charge in [0.1, 0.15) is 11.5 Å². The first-order valence-electron chi connectivity index (χ1n) is 9.26. The first-order chi connectivity index (χ1) is 13.1. The molecule has 0 spiro atoms. The van der Waals surface area contributed by atoms with E-state index in [0.717, 1.165) is 30.2 Å². The van der Waals surface area contributed by atoms with Crippen molar-refractivity contribution in [2.45, 2.75) is 24.1 Å².